The summed E-state index contributed by atoms with van der Waals surface area (Å²) in [6, 6.07) is 27.6. The van der Waals surface area contributed by atoms with Crippen LogP contribution in [0.1, 0.15) is 15.9 Å². The van der Waals surface area contributed by atoms with Gasteiger partial charge in [0, 0.05) is 27.4 Å². The molecule has 0 fully saturated rings. The van der Waals surface area contributed by atoms with Gasteiger partial charge in [-0.3, -0.25) is 4.79 Å². The SMILES string of the molecule is O=C(NCc1cn(-c2ccccc2)nc1-c1ccccc1)c1ccccc1I. The number of aromatic nitrogens is 2. The highest BCUT2D eigenvalue weighted by Gasteiger charge is 2.14. The summed E-state index contributed by atoms with van der Waals surface area (Å²) < 4.78 is 2.79. The first-order chi connectivity index (χ1) is 13.7. The van der Waals surface area contributed by atoms with Crippen LogP contribution in [0.5, 0.6) is 0 Å². The van der Waals surface area contributed by atoms with Gasteiger partial charge in [0.1, 0.15) is 0 Å². The summed E-state index contributed by atoms with van der Waals surface area (Å²) in [5.41, 5.74) is 4.52. The number of amides is 1. The van der Waals surface area contributed by atoms with Crippen LogP contribution in [-0.2, 0) is 6.54 Å². The van der Waals surface area contributed by atoms with Crippen LogP contribution in [0, 0.1) is 3.57 Å². The number of carbonyl (C=O) groups excluding carboxylic acids is 1. The average Bonchev–Trinajstić information content (AvgIpc) is 3.18. The fourth-order valence-corrected chi connectivity index (χ4v) is 3.64. The van der Waals surface area contributed by atoms with E-state index in [4.69, 9.17) is 5.10 Å². The molecule has 3 aromatic carbocycles. The van der Waals surface area contributed by atoms with Gasteiger partial charge < -0.3 is 5.32 Å². The van der Waals surface area contributed by atoms with Gasteiger partial charge >= 0.3 is 0 Å². The first kappa shape index (κ1) is 18.4. The molecular weight excluding hydrogens is 461 g/mol. The summed E-state index contributed by atoms with van der Waals surface area (Å²) in [6.45, 7) is 0.404. The number of carbonyl (C=O) groups is 1. The molecule has 1 N–H and O–H groups in total. The van der Waals surface area contributed by atoms with Crippen molar-refractivity contribution in [2.75, 3.05) is 0 Å². The Morgan fingerprint density at radius 2 is 1.54 bits per heavy atom. The molecule has 0 atom stereocenters. The Morgan fingerprint density at radius 3 is 2.25 bits per heavy atom. The molecule has 0 saturated carbocycles. The molecule has 1 amide bonds. The van der Waals surface area contributed by atoms with Crippen molar-refractivity contribution in [3.05, 3.63) is 106 Å². The molecule has 0 radical (unpaired) electrons. The molecule has 1 heterocycles. The first-order valence-corrected chi connectivity index (χ1v) is 10.0. The van der Waals surface area contributed by atoms with E-state index >= 15 is 0 Å². The van der Waals surface area contributed by atoms with Crippen molar-refractivity contribution in [2.24, 2.45) is 0 Å². The van der Waals surface area contributed by atoms with E-state index in [-0.39, 0.29) is 5.91 Å². The Hall–Kier alpha value is -2.93. The summed E-state index contributed by atoms with van der Waals surface area (Å²) in [5, 5.41) is 7.82. The van der Waals surface area contributed by atoms with Gasteiger partial charge in [0.05, 0.1) is 16.9 Å². The predicted octanol–water partition coefficient (Wildman–Crippen LogP) is 5.07. The minimum atomic E-state index is -0.0866. The van der Waals surface area contributed by atoms with E-state index < -0.39 is 0 Å². The van der Waals surface area contributed by atoms with Crippen molar-refractivity contribution in [3.8, 4) is 16.9 Å². The summed E-state index contributed by atoms with van der Waals surface area (Å²) >= 11 is 2.18. The maximum atomic E-state index is 12.6. The van der Waals surface area contributed by atoms with Crippen molar-refractivity contribution in [3.63, 3.8) is 0 Å². The summed E-state index contributed by atoms with van der Waals surface area (Å²) in [7, 11) is 0. The molecule has 0 aliphatic carbocycles. The van der Waals surface area contributed by atoms with E-state index in [1.807, 2.05) is 95.8 Å². The molecule has 0 aliphatic heterocycles. The average molecular weight is 479 g/mol. The Morgan fingerprint density at radius 1 is 0.893 bits per heavy atom. The van der Waals surface area contributed by atoms with Crippen molar-refractivity contribution in [1.29, 1.82) is 0 Å². The van der Waals surface area contributed by atoms with Gasteiger partial charge in [-0.1, -0.05) is 60.7 Å². The molecule has 1 aromatic heterocycles. The topological polar surface area (TPSA) is 46.9 Å². The van der Waals surface area contributed by atoms with Crippen LogP contribution in [-0.4, -0.2) is 15.7 Å². The zero-order chi connectivity index (χ0) is 19.3. The molecule has 5 heteroatoms. The highest BCUT2D eigenvalue weighted by atomic mass is 127. The third-order valence-electron chi connectivity index (χ3n) is 4.42. The predicted molar refractivity (Wildman–Crippen MR) is 119 cm³/mol. The molecule has 0 aliphatic rings. The Kier molecular flexibility index (Phi) is 5.53. The minimum Gasteiger partial charge on any atom is -0.348 e. The lowest BCUT2D eigenvalue weighted by molar-refractivity contribution is 0.0950. The van der Waals surface area contributed by atoms with E-state index in [9.17, 15) is 4.79 Å². The lowest BCUT2D eigenvalue weighted by atomic mass is 10.1. The Labute approximate surface area is 177 Å². The maximum Gasteiger partial charge on any atom is 0.252 e. The zero-order valence-corrected chi connectivity index (χ0v) is 17.2. The molecular formula is C23H18IN3O. The van der Waals surface area contributed by atoms with E-state index in [0.29, 0.717) is 12.1 Å². The summed E-state index contributed by atoms with van der Waals surface area (Å²) in [5.74, 6) is -0.0866. The van der Waals surface area contributed by atoms with Crippen molar-refractivity contribution in [1.82, 2.24) is 15.1 Å². The van der Waals surface area contributed by atoms with E-state index in [1.54, 1.807) is 0 Å². The molecule has 28 heavy (non-hydrogen) atoms. The quantitative estimate of drug-likeness (QED) is 0.407. The van der Waals surface area contributed by atoms with Crippen molar-refractivity contribution >= 4 is 28.5 Å². The molecule has 0 bridgehead atoms. The Balaban J connectivity index is 1.64. The molecule has 4 nitrogen and oxygen atoms in total. The number of benzene rings is 3. The number of nitrogens with zero attached hydrogens (tertiary/aromatic N) is 2. The molecule has 0 saturated heterocycles. The molecule has 4 rings (SSSR count). The van der Waals surface area contributed by atoms with E-state index in [1.165, 1.54) is 0 Å². The second-order valence-corrected chi connectivity index (χ2v) is 7.47. The lowest BCUT2D eigenvalue weighted by Crippen LogP contribution is -2.23. The number of para-hydroxylation sites is 1. The molecule has 138 valence electrons. The lowest BCUT2D eigenvalue weighted by Gasteiger charge is -2.07. The maximum absolute atomic E-state index is 12.6. The van der Waals surface area contributed by atoms with Crippen LogP contribution in [0.4, 0.5) is 0 Å². The molecule has 4 aromatic rings. The normalized spacial score (nSPS) is 10.6. The highest BCUT2D eigenvalue weighted by Crippen LogP contribution is 2.24. The first-order valence-electron chi connectivity index (χ1n) is 8.94. The highest BCUT2D eigenvalue weighted by molar-refractivity contribution is 14.1. The van der Waals surface area contributed by atoms with Crippen molar-refractivity contribution in [2.45, 2.75) is 6.54 Å². The number of hydrogen-bond donors (Lipinski definition) is 1. The van der Waals surface area contributed by atoms with Gasteiger partial charge in [-0.2, -0.15) is 5.10 Å². The van der Waals surface area contributed by atoms with Crippen LogP contribution in [0.3, 0.4) is 0 Å². The molecule has 0 spiro atoms. The van der Waals surface area contributed by atoms with Crippen LogP contribution in [0.25, 0.3) is 16.9 Å². The van der Waals surface area contributed by atoms with Crippen LogP contribution >= 0.6 is 22.6 Å². The molecule has 0 unspecified atom stereocenters. The van der Waals surface area contributed by atoms with E-state index in [0.717, 1.165) is 26.1 Å². The van der Waals surface area contributed by atoms with Crippen molar-refractivity contribution < 1.29 is 4.79 Å². The van der Waals surface area contributed by atoms with Gasteiger partial charge in [0.2, 0.25) is 0 Å². The standard InChI is InChI=1S/C23H18IN3O/c24-21-14-8-7-13-20(21)23(28)25-15-18-16-27(19-11-5-2-6-12-19)26-22(18)17-9-3-1-4-10-17/h1-14,16H,15H2,(H,25,28). The second-order valence-electron chi connectivity index (χ2n) is 6.31. The third kappa shape index (κ3) is 3.99. The number of halogens is 1. The van der Waals surface area contributed by atoms with Crippen LogP contribution in [0.15, 0.2) is 91.1 Å². The monoisotopic (exact) mass is 479 g/mol. The smallest absolute Gasteiger partial charge is 0.252 e. The summed E-state index contributed by atoms with van der Waals surface area (Å²) in [6.07, 6.45) is 1.98. The fourth-order valence-electron chi connectivity index (χ4n) is 3.01. The summed E-state index contributed by atoms with van der Waals surface area (Å²) in [4.78, 5) is 12.6. The number of nitrogens with one attached hydrogen (secondary N) is 1. The van der Waals surface area contributed by atoms with Gasteiger partial charge in [-0.05, 0) is 46.9 Å². The zero-order valence-electron chi connectivity index (χ0n) is 15.0. The number of rotatable bonds is 5. The second kappa shape index (κ2) is 8.39. The van der Waals surface area contributed by atoms with Gasteiger partial charge in [-0.25, -0.2) is 4.68 Å². The van der Waals surface area contributed by atoms with Gasteiger partial charge in [0.15, 0.2) is 0 Å². The Bertz CT molecular complexity index is 1090. The third-order valence-corrected chi connectivity index (χ3v) is 5.36. The van der Waals surface area contributed by atoms with E-state index in [2.05, 4.69) is 27.9 Å². The van der Waals surface area contributed by atoms with Gasteiger partial charge in [-0.15, -0.1) is 0 Å². The largest absolute Gasteiger partial charge is 0.348 e. The number of hydrogen-bond acceptors (Lipinski definition) is 2. The van der Waals surface area contributed by atoms with Crippen LogP contribution in [0.2, 0.25) is 0 Å². The fraction of sp³-hybridized carbons (Fsp3) is 0.0435. The minimum absolute atomic E-state index is 0.0866. The van der Waals surface area contributed by atoms with Crippen LogP contribution < -0.4 is 5.32 Å². The van der Waals surface area contributed by atoms with Gasteiger partial charge in [0.25, 0.3) is 5.91 Å².